The molecule has 1 aliphatic rings. The minimum Gasteiger partial charge on any atom is -0.329 e. The van der Waals surface area contributed by atoms with Gasteiger partial charge in [0.1, 0.15) is 5.82 Å². The van der Waals surface area contributed by atoms with Crippen LogP contribution >= 0.6 is 0 Å². The third-order valence-corrected chi connectivity index (χ3v) is 6.61. The third-order valence-electron chi connectivity index (χ3n) is 6.61. The van der Waals surface area contributed by atoms with Crippen molar-refractivity contribution in [2.45, 2.75) is 120 Å². The fourth-order valence-corrected chi connectivity index (χ4v) is 4.57. The molecule has 0 amide bonds. The lowest BCUT2D eigenvalue weighted by Crippen LogP contribution is -2.21. The highest BCUT2D eigenvalue weighted by Gasteiger charge is 2.24. The quantitative estimate of drug-likeness (QED) is 0.337. The van der Waals surface area contributed by atoms with Gasteiger partial charge in [-0.25, -0.2) is 4.98 Å². The smallest absolute Gasteiger partial charge is 0.109 e. The van der Waals surface area contributed by atoms with Gasteiger partial charge >= 0.3 is 0 Å². The molecule has 2 aromatic heterocycles. The second kappa shape index (κ2) is 14.1. The topological polar surface area (TPSA) is 30.7 Å². The molecule has 0 aliphatic heterocycles. The Kier molecular flexibility index (Phi) is 11.8. The van der Waals surface area contributed by atoms with Crippen LogP contribution in [-0.2, 0) is 19.3 Å². The summed E-state index contributed by atoms with van der Waals surface area (Å²) in [5.74, 6) is 1.30. The summed E-state index contributed by atoms with van der Waals surface area (Å²) < 4.78 is 2.48. The molecule has 0 spiro atoms. The summed E-state index contributed by atoms with van der Waals surface area (Å²) in [4.78, 5) is 8.85. The summed E-state index contributed by atoms with van der Waals surface area (Å²) in [6.07, 6.45) is 12.5. The van der Waals surface area contributed by atoms with E-state index in [1.54, 1.807) is 0 Å². The van der Waals surface area contributed by atoms with Crippen molar-refractivity contribution in [3.8, 4) is 0 Å². The van der Waals surface area contributed by atoms with Gasteiger partial charge in [-0.1, -0.05) is 98.7 Å². The number of nitrogens with zero attached hydrogens (tertiary/aromatic N) is 3. The Morgan fingerprint density at radius 3 is 1.82 bits per heavy atom. The molecule has 210 valence electrons. The van der Waals surface area contributed by atoms with E-state index in [9.17, 15) is 0 Å². The Morgan fingerprint density at radius 1 is 0.737 bits per heavy atom. The van der Waals surface area contributed by atoms with Crippen molar-refractivity contribution in [3.05, 3.63) is 83.7 Å². The van der Waals surface area contributed by atoms with Gasteiger partial charge in [0, 0.05) is 36.2 Å². The van der Waals surface area contributed by atoms with E-state index in [2.05, 4.69) is 120 Å². The molecule has 0 atom stereocenters. The summed E-state index contributed by atoms with van der Waals surface area (Å²) in [6, 6.07) is 17.4. The molecule has 38 heavy (non-hydrogen) atoms. The highest BCUT2D eigenvalue weighted by molar-refractivity contribution is 5.15. The number of rotatable bonds is 5. The van der Waals surface area contributed by atoms with Gasteiger partial charge in [0.05, 0.1) is 0 Å². The molecule has 1 aromatic carbocycles. The molecule has 0 N–H and O–H groups in total. The van der Waals surface area contributed by atoms with E-state index in [0.29, 0.717) is 16.2 Å². The number of hydrogen-bond donors (Lipinski definition) is 0. The second-order valence-corrected chi connectivity index (χ2v) is 14.6. The van der Waals surface area contributed by atoms with Crippen LogP contribution in [0, 0.1) is 23.2 Å². The number of benzene rings is 1. The van der Waals surface area contributed by atoms with E-state index in [-0.39, 0.29) is 0 Å². The summed E-state index contributed by atoms with van der Waals surface area (Å²) in [5, 5.41) is 0. The van der Waals surface area contributed by atoms with Crippen molar-refractivity contribution in [3.63, 3.8) is 0 Å². The average molecular weight is 518 g/mol. The fraction of sp³-hybridized carbons (Fsp3) is 0.600. The van der Waals surface area contributed by atoms with E-state index < -0.39 is 0 Å². The Balaban J connectivity index is 0.000000206. The predicted molar refractivity (Wildman–Crippen MR) is 165 cm³/mol. The van der Waals surface area contributed by atoms with Gasteiger partial charge in [0.2, 0.25) is 0 Å². The standard InChI is InChI=1S/C14H24N2.C11H16.C10H15N/c1-11-10-15-13(8-9-14(2,3)4)16(11)12-6-5-7-12;1-11(2,3)9-10-7-5-4-6-8-10;1-10(2,3)8-9-6-4-5-7-11-9/h10,12H,5-9H2,1-4H3;4-8H,9H2,1-3H3;4-7H,8H2,1-3H3. The monoisotopic (exact) mass is 517 g/mol. The van der Waals surface area contributed by atoms with Crippen molar-refractivity contribution in [2.75, 3.05) is 0 Å². The molecular formula is C35H55N3. The molecule has 2 heterocycles. The van der Waals surface area contributed by atoms with Crippen LogP contribution in [0.15, 0.2) is 60.9 Å². The molecule has 1 aliphatic carbocycles. The van der Waals surface area contributed by atoms with E-state index in [0.717, 1.165) is 25.3 Å². The Bertz CT molecular complexity index is 989. The number of aromatic nitrogens is 3. The molecule has 0 radical (unpaired) electrons. The first-order valence-corrected chi connectivity index (χ1v) is 14.6. The molecule has 0 bridgehead atoms. The summed E-state index contributed by atoms with van der Waals surface area (Å²) in [6.45, 7) is 22.6. The van der Waals surface area contributed by atoms with E-state index in [1.165, 1.54) is 48.5 Å². The zero-order valence-electron chi connectivity index (χ0n) is 26.1. The first-order chi connectivity index (χ1) is 17.6. The van der Waals surface area contributed by atoms with Crippen molar-refractivity contribution in [1.82, 2.24) is 14.5 Å². The van der Waals surface area contributed by atoms with Gasteiger partial charge in [-0.3, -0.25) is 4.98 Å². The van der Waals surface area contributed by atoms with Crippen molar-refractivity contribution >= 4 is 0 Å². The van der Waals surface area contributed by atoms with Crippen LogP contribution in [0.5, 0.6) is 0 Å². The molecule has 1 fully saturated rings. The van der Waals surface area contributed by atoms with Gasteiger partial charge < -0.3 is 4.57 Å². The van der Waals surface area contributed by atoms with Gasteiger partial charge in [-0.05, 0) is 79.4 Å². The minimum absolute atomic E-state index is 0.342. The highest BCUT2D eigenvalue weighted by Crippen LogP contribution is 2.34. The van der Waals surface area contributed by atoms with Crippen molar-refractivity contribution < 1.29 is 0 Å². The van der Waals surface area contributed by atoms with Crippen LogP contribution in [0.2, 0.25) is 0 Å². The van der Waals surface area contributed by atoms with Crippen molar-refractivity contribution in [2.24, 2.45) is 16.2 Å². The second-order valence-electron chi connectivity index (χ2n) is 14.6. The van der Waals surface area contributed by atoms with Crippen LogP contribution in [0.4, 0.5) is 0 Å². The maximum Gasteiger partial charge on any atom is 0.109 e. The van der Waals surface area contributed by atoms with Crippen molar-refractivity contribution in [1.29, 1.82) is 0 Å². The number of pyridine rings is 1. The summed E-state index contributed by atoms with van der Waals surface area (Å²) in [7, 11) is 0. The Hall–Kier alpha value is -2.42. The van der Waals surface area contributed by atoms with Crippen LogP contribution in [0.25, 0.3) is 0 Å². The zero-order chi connectivity index (χ0) is 28.4. The minimum atomic E-state index is 0.342. The SMILES string of the molecule is CC(C)(C)Cc1ccccc1.CC(C)(C)Cc1ccccn1.Cc1cnc(CCC(C)(C)C)n1C1CCC1. The molecule has 0 unspecified atom stereocenters. The molecular weight excluding hydrogens is 462 g/mol. The Morgan fingerprint density at radius 2 is 1.34 bits per heavy atom. The lowest BCUT2D eigenvalue weighted by Gasteiger charge is -2.30. The summed E-state index contributed by atoms with van der Waals surface area (Å²) >= 11 is 0. The number of hydrogen-bond acceptors (Lipinski definition) is 2. The molecule has 3 nitrogen and oxygen atoms in total. The van der Waals surface area contributed by atoms with Gasteiger partial charge in [0.25, 0.3) is 0 Å². The zero-order valence-corrected chi connectivity index (χ0v) is 26.1. The normalized spacial score (nSPS) is 14.1. The number of imidazole rings is 1. The molecule has 0 saturated heterocycles. The molecule has 4 rings (SSSR count). The lowest BCUT2D eigenvalue weighted by atomic mass is 9.88. The first kappa shape index (κ1) is 31.8. The van der Waals surface area contributed by atoms with Crippen LogP contribution in [0.3, 0.4) is 0 Å². The molecule has 3 heteroatoms. The van der Waals surface area contributed by atoms with E-state index in [4.69, 9.17) is 0 Å². The predicted octanol–water partition coefficient (Wildman–Crippen LogP) is 9.84. The van der Waals surface area contributed by atoms with E-state index >= 15 is 0 Å². The maximum absolute atomic E-state index is 4.58. The Labute approximate surface area is 234 Å². The maximum atomic E-state index is 4.58. The van der Waals surface area contributed by atoms with Gasteiger partial charge in [0.15, 0.2) is 0 Å². The molecule has 1 saturated carbocycles. The van der Waals surface area contributed by atoms with Crippen LogP contribution in [0.1, 0.15) is 117 Å². The van der Waals surface area contributed by atoms with Crippen LogP contribution in [-0.4, -0.2) is 14.5 Å². The molecule has 3 aromatic rings. The highest BCUT2D eigenvalue weighted by atomic mass is 15.1. The van der Waals surface area contributed by atoms with Crippen LogP contribution < -0.4 is 0 Å². The average Bonchev–Trinajstić information content (AvgIpc) is 3.11. The lowest BCUT2D eigenvalue weighted by molar-refractivity contribution is 0.295. The fourth-order valence-electron chi connectivity index (χ4n) is 4.57. The van der Waals surface area contributed by atoms with Gasteiger partial charge in [-0.15, -0.1) is 0 Å². The van der Waals surface area contributed by atoms with Gasteiger partial charge in [-0.2, -0.15) is 0 Å². The summed E-state index contributed by atoms with van der Waals surface area (Å²) in [5.41, 5.74) is 5.11. The number of aryl methyl sites for hydroxylation is 2. The third kappa shape index (κ3) is 12.9. The van der Waals surface area contributed by atoms with E-state index in [1.807, 2.05) is 24.5 Å². The first-order valence-electron chi connectivity index (χ1n) is 14.6. The largest absolute Gasteiger partial charge is 0.329 e.